The highest BCUT2D eigenvalue weighted by Crippen LogP contribution is 2.15. The van der Waals surface area contributed by atoms with Crippen molar-refractivity contribution in [1.82, 2.24) is 10.1 Å². The molecule has 1 atom stereocenters. The lowest BCUT2D eigenvalue weighted by atomic mass is 10.1. The van der Waals surface area contributed by atoms with Gasteiger partial charge >= 0.3 is 0 Å². The van der Waals surface area contributed by atoms with Crippen LogP contribution in [0.5, 0.6) is 0 Å². The van der Waals surface area contributed by atoms with Crippen LogP contribution >= 0.6 is 11.6 Å². The van der Waals surface area contributed by atoms with Crippen LogP contribution in [0.3, 0.4) is 0 Å². The number of aliphatic hydroxyl groups excluding tert-OH is 1. The fourth-order valence-electron chi connectivity index (χ4n) is 1.58. The molecule has 0 saturated carbocycles. The van der Waals surface area contributed by atoms with Gasteiger partial charge in [-0.25, -0.2) is 0 Å². The Balaban J connectivity index is 2.06. The van der Waals surface area contributed by atoms with Gasteiger partial charge in [-0.2, -0.15) is 4.98 Å². The predicted molar refractivity (Wildman–Crippen MR) is 67.2 cm³/mol. The maximum Gasteiger partial charge on any atom is 0.243 e. The van der Waals surface area contributed by atoms with Crippen molar-refractivity contribution in [3.63, 3.8) is 0 Å². The normalized spacial score (nSPS) is 12.6. The van der Waals surface area contributed by atoms with Gasteiger partial charge in [0.15, 0.2) is 5.82 Å². The Labute approximate surface area is 110 Å². The summed E-state index contributed by atoms with van der Waals surface area (Å²) in [6.07, 6.45) is 0.939. The van der Waals surface area contributed by atoms with Crippen LogP contribution < -0.4 is 5.73 Å². The number of aliphatic hydroxyl groups is 1. The van der Waals surface area contributed by atoms with E-state index >= 15 is 0 Å². The molecule has 96 valence electrons. The van der Waals surface area contributed by atoms with Gasteiger partial charge in [0, 0.05) is 18.1 Å². The van der Waals surface area contributed by atoms with Crippen molar-refractivity contribution in [2.45, 2.75) is 18.9 Å². The van der Waals surface area contributed by atoms with Crippen molar-refractivity contribution in [2.24, 2.45) is 5.73 Å². The Hall–Kier alpha value is -1.43. The summed E-state index contributed by atoms with van der Waals surface area (Å²) in [7, 11) is 0. The minimum atomic E-state index is -0.421. The molecule has 0 saturated heterocycles. The molecule has 0 amide bonds. The molecule has 6 heteroatoms. The topological polar surface area (TPSA) is 85.2 Å². The Morgan fingerprint density at radius 3 is 3.00 bits per heavy atom. The van der Waals surface area contributed by atoms with Gasteiger partial charge in [0.25, 0.3) is 0 Å². The van der Waals surface area contributed by atoms with Crippen LogP contribution in [0.15, 0.2) is 28.8 Å². The summed E-state index contributed by atoms with van der Waals surface area (Å²) in [6, 6.07) is 7.05. The lowest BCUT2D eigenvalue weighted by molar-refractivity contribution is 0.259. The summed E-state index contributed by atoms with van der Waals surface area (Å²) in [6.45, 7) is -0.00677. The maximum absolute atomic E-state index is 8.79. The second-order valence-corrected chi connectivity index (χ2v) is 4.41. The molecule has 1 heterocycles. The highest BCUT2D eigenvalue weighted by molar-refractivity contribution is 6.30. The number of rotatable bonds is 5. The van der Waals surface area contributed by atoms with E-state index in [4.69, 9.17) is 27.0 Å². The van der Waals surface area contributed by atoms with E-state index in [0.29, 0.717) is 29.6 Å². The van der Waals surface area contributed by atoms with Crippen molar-refractivity contribution >= 4 is 11.6 Å². The number of hydrogen-bond acceptors (Lipinski definition) is 5. The fraction of sp³-hybridized carbons (Fsp3) is 0.333. The van der Waals surface area contributed by atoms with Gasteiger partial charge in [-0.15, -0.1) is 0 Å². The molecule has 2 aromatic rings. The molecule has 1 aromatic heterocycles. The third-order valence-electron chi connectivity index (χ3n) is 2.49. The summed E-state index contributed by atoms with van der Waals surface area (Å²) < 4.78 is 5.05. The van der Waals surface area contributed by atoms with Crippen molar-refractivity contribution in [1.29, 1.82) is 0 Å². The molecule has 0 spiro atoms. The van der Waals surface area contributed by atoms with Crippen LogP contribution in [0.25, 0.3) is 0 Å². The average Bonchev–Trinajstić information content (AvgIpc) is 2.78. The smallest absolute Gasteiger partial charge is 0.243 e. The third kappa shape index (κ3) is 3.29. The van der Waals surface area contributed by atoms with E-state index in [2.05, 4.69) is 10.1 Å². The highest BCUT2D eigenvalue weighted by atomic mass is 35.5. The predicted octanol–water partition coefficient (Wildman–Crippen LogP) is 1.70. The van der Waals surface area contributed by atoms with Gasteiger partial charge in [0.05, 0.1) is 6.04 Å². The number of nitrogens with zero attached hydrogens (tertiary/aromatic N) is 2. The van der Waals surface area contributed by atoms with E-state index in [1.54, 1.807) is 0 Å². The summed E-state index contributed by atoms with van der Waals surface area (Å²) >= 11 is 5.90. The van der Waals surface area contributed by atoms with E-state index < -0.39 is 6.04 Å². The lowest BCUT2D eigenvalue weighted by Gasteiger charge is -2.01. The molecule has 1 aromatic carbocycles. The van der Waals surface area contributed by atoms with E-state index in [1.807, 2.05) is 24.3 Å². The second kappa shape index (κ2) is 5.95. The molecular weight excluding hydrogens is 254 g/mol. The minimum absolute atomic E-state index is 0.00677. The molecule has 1 unspecified atom stereocenters. The van der Waals surface area contributed by atoms with Gasteiger partial charge in [0.2, 0.25) is 5.89 Å². The zero-order chi connectivity index (χ0) is 13.0. The quantitative estimate of drug-likeness (QED) is 0.861. The van der Waals surface area contributed by atoms with E-state index in [0.717, 1.165) is 5.56 Å². The monoisotopic (exact) mass is 267 g/mol. The molecule has 0 aliphatic carbocycles. The molecule has 0 radical (unpaired) electrons. The molecule has 0 aliphatic rings. The van der Waals surface area contributed by atoms with Crippen LogP contribution in [0, 0.1) is 0 Å². The van der Waals surface area contributed by atoms with Gasteiger partial charge in [-0.05, 0) is 24.1 Å². The summed E-state index contributed by atoms with van der Waals surface area (Å²) in [5, 5.41) is 13.3. The summed E-state index contributed by atoms with van der Waals surface area (Å²) in [4.78, 5) is 4.20. The van der Waals surface area contributed by atoms with Crippen LogP contribution in [0.2, 0.25) is 5.02 Å². The van der Waals surface area contributed by atoms with Gasteiger partial charge in [0.1, 0.15) is 0 Å². The molecule has 2 rings (SSSR count). The maximum atomic E-state index is 8.79. The van der Waals surface area contributed by atoms with Crippen molar-refractivity contribution in [3.8, 4) is 0 Å². The zero-order valence-corrected chi connectivity index (χ0v) is 10.5. The molecule has 0 bridgehead atoms. The Bertz CT molecular complexity index is 516. The van der Waals surface area contributed by atoms with Gasteiger partial charge in [-0.1, -0.05) is 28.9 Å². The molecule has 5 nitrogen and oxygen atoms in total. The minimum Gasteiger partial charge on any atom is -0.396 e. The first-order valence-corrected chi connectivity index (χ1v) is 6.00. The number of aromatic nitrogens is 2. The molecule has 18 heavy (non-hydrogen) atoms. The average molecular weight is 268 g/mol. The van der Waals surface area contributed by atoms with Crippen LogP contribution in [-0.4, -0.2) is 21.9 Å². The van der Waals surface area contributed by atoms with E-state index in [9.17, 15) is 0 Å². The van der Waals surface area contributed by atoms with Crippen LogP contribution in [0.1, 0.15) is 29.7 Å². The highest BCUT2D eigenvalue weighted by Gasteiger charge is 2.14. The molecule has 3 N–H and O–H groups in total. The van der Waals surface area contributed by atoms with Gasteiger partial charge in [-0.3, -0.25) is 0 Å². The number of halogens is 1. The first-order chi connectivity index (χ1) is 8.69. The first-order valence-electron chi connectivity index (χ1n) is 5.62. The Morgan fingerprint density at radius 1 is 1.44 bits per heavy atom. The van der Waals surface area contributed by atoms with E-state index in [1.165, 1.54) is 0 Å². The molecular formula is C12H14ClN3O2. The van der Waals surface area contributed by atoms with Gasteiger partial charge < -0.3 is 15.4 Å². The Kier molecular flexibility index (Phi) is 4.30. The SMILES string of the molecule is NC(CCO)c1nc(Cc2cccc(Cl)c2)no1. The number of hydrogen-bond donors (Lipinski definition) is 2. The van der Waals surface area contributed by atoms with E-state index in [-0.39, 0.29) is 6.61 Å². The third-order valence-corrected chi connectivity index (χ3v) is 2.73. The number of benzene rings is 1. The van der Waals surface area contributed by atoms with Crippen molar-refractivity contribution < 1.29 is 9.63 Å². The number of nitrogens with two attached hydrogens (primary N) is 1. The van der Waals surface area contributed by atoms with Crippen LogP contribution in [-0.2, 0) is 6.42 Å². The first kappa shape index (κ1) is 13.0. The van der Waals surface area contributed by atoms with Crippen molar-refractivity contribution in [2.75, 3.05) is 6.61 Å². The standard InChI is InChI=1S/C12H14ClN3O2/c13-9-3-1-2-8(6-9)7-11-15-12(18-16-11)10(14)4-5-17/h1-3,6,10,17H,4-5,7,14H2. The van der Waals surface area contributed by atoms with Crippen LogP contribution in [0.4, 0.5) is 0 Å². The molecule has 0 aliphatic heterocycles. The zero-order valence-electron chi connectivity index (χ0n) is 9.71. The second-order valence-electron chi connectivity index (χ2n) is 3.97. The lowest BCUT2D eigenvalue weighted by Crippen LogP contribution is -2.12. The van der Waals surface area contributed by atoms with Crippen molar-refractivity contribution in [3.05, 3.63) is 46.6 Å². The summed E-state index contributed by atoms with van der Waals surface area (Å²) in [5.41, 5.74) is 6.76. The summed E-state index contributed by atoms with van der Waals surface area (Å²) in [5.74, 6) is 0.904. The largest absolute Gasteiger partial charge is 0.396 e. The fourth-order valence-corrected chi connectivity index (χ4v) is 1.79. The Morgan fingerprint density at radius 2 is 2.28 bits per heavy atom. The molecule has 0 fully saturated rings.